The van der Waals surface area contributed by atoms with Crippen LogP contribution >= 0.6 is 0 Å². The van der Waals surface area contributed by atoms with Crippen molar-refractivity contribution in [3.8, 4) is 0 Å². The summed E-state index contributed by atoms with van der Waals surface area (Å²) in [5.74, 6) is -0.493. The fourth-order valence-corrected chi connectivity index (χ4v) is 8.07. The third kappa shape index (κ3) is 42.8. The number of ether oxygens (including phenoxy) is 1. The van der Waals surface area contributed by atoms with Crippen molar-refractivity contribution < 1.29 is 24.5 Å². The second kappa shape index (κ2) is 47.4. The van der Waals surface area contributed by atoms with Gasteiger partial charge in [0.05, 0.1) is 25.2 Å². The molecule has 0 aromatic rings. The van der Waals surface area contributed by atoms with Crippen LogP contribution in [0.2, 0.25) is 0 Å². The number of carbonyl (C=O) groups excluding carboxylic acids is 2. The first-order valence-electron chi connectivity index (χ1n) is 26.1. The van der Waals surface area contributed by atoms with Gasteiger partial charge in [0.2, 0.25) is 5.91 Å². The maximum Gasteiger partial charge on any atom is 0.306 e. The average Bonchev–Trinajstić information content (AvgIpc) is 3.23. The zero-order valence-electron chi connectivity index (χ0n) is 39.7. The highest BCUT2D eigenvalue weighted by Crippen LogP contribution is 2.18. The van der Waals surface area contributed by atoms with Gasteiger partial charge in [-0.25, -0.2) is 0 Å². The van der Waals surface area contributed by atoms with E-state index in [-0.39, 0.29) is 24.9 Å². The molecule has 0 aliphatic rings. The molecule has 3 unspecified atom stereocenters. The molecule has 3 N–H and O–H groups in total. The number of carbonyl (C=O) groups is 2. The number of aliphatic hydroxyl groups is 2. The summed E-state index contributed by atoms with van der Waals surface area (Å²) >= 11 is 0. The lowest BCUT2D eigenvalue weighted by Gasteiger charge is -2.24. The zero-order valence-corrected chi connectivity index (χ0v) is 39.7. The molecule has 0 bridgehead atoms. The average molecular weight is 832 g/mol. The molecular formula is C53H101NO5. The number of hydrogen-bond acceptors (Lipinski definition) is 5. The van der Waals surface area contributed by atoms with Crippen LogP contribution in [0.25, 0.3) is 0 Å². The minimum Gasteiger partial charge on any atom is -0.462 e. The Balaban J connectivity index is 4.51. The number of rotatable bonds is 47. The maximum atomic E-state index is 13.2. The van der Waals surface area contributed by atoms with E-state index in [0.29, 0.717) is 19.3 Å². The highest BCUT2D eigenvalue weighted by atomic mass is 16.5. The standard InChI is InChI=1S/C53H101NO5/c1-4-7-10-13-16-19-22-24-26-27-29-31-34-37-40-43-46-53(58)59-49(44-41-38-35-32-21-18-15-12-9-6-3)47-52(57)54-50(48-55)51(56)45-42-39-36-33-30-28-25-23-20-17-14-11-8-5-2/h26-27,29,31,49-51,55-56H,4-25,28,30,32-48H2,1-3H3,(H,54,57)/b27-26+,31-29+. The normalized spacial score (nSPS) is 13.4. The van der Waals surface area contributed by atoms with Crippen LogP contribution < -0.4 is 5.32 Å². The molecule has 1 amide bonds. The van der Waals surface area contributed by atoms with Crippen LogP contribution in [0, 0.1) is 0 Å². The van der Waals surface area contributed by atoms with Crippen molar-refractivity contribution in [1.29, 1.82) is 0 Å². The molecule has 0 saturated carbocycles. The maximum absolute atomic E-state index is 13.2. The fourth-order valence-electron chi connectivity index (χ4n) is 8.07. The van der Waals surface area contributed by atoms with Gasteiger partial charge in [0, 0.05) is 6.42 Å². The predicted octanol–water partition coefficient (Wildman–Crippen LogP) is 15.5. The number of aliphatic hydroxyl groups excluding tert-OH is 2. The van der Waals surface area contributed by atoms with E-state index in [1.54, 1.807) is 0 Å². The third-order valence-corrected chi connectivity index (χ3v) is 12.1. The van der Waals surface area contributed by atoms with Gasteiger partial charge in [-0.1, -0.05) is 238 Å². The number of amides is 1. The van der Waals surface area contributed by atoms with Gasteiger partial charge in [-0.05, 0) is 51.4 Å². The minimum atomic E-state index is -0.787. The zero-order chi connectivity index (χ0) is 43.1. The van der Waals surface area contributed by atoms with Crippen molar-refractivity contribution >= 4 is 11.9 Å². The van der Waals surface area contributed by atoms with Crippen molar-refractivity contribution in [2.24, 2.45) is 0 Å². The van der Waals surface area contributed by atoms with Crippen molar-refractivity contribution in [3.63, 3.8) is 0 Å². The third-order valence-electron chi connectivity index (χ3n) is 12.1. The number of allylic oxidation sites excluding steroid dienone is 4. The summed E-state index contributed by atoms with van der Waals surface area (Å²) in [6, 6.07) is -0.701. The Bertz CT molecular complexity index is 935. The quantitative estimate of drug-likeness (QED) is 0.0322. The summed E-state index contributed by atoms with van der Waals surface area (Å²) in [4.78, 5) is 26.1. The predicted molar refractivity (Wildman–Crippen MR) is 255 cm³/mol. The van der Waals surface area contributed by atoms with Gasteiger partial charge < -0.3 is 20.3 Å². The molecule has 348 valence electrons. The first-order chi connectivity index (χ1) is 29.0. The van der Waals surface area contributed by atoms with E-state index in [0.717, 1.165) is 57.8 Å². The van der Waals surface area contributed by atoms with Crippen molar-refractivity contribution in [2.45, 2.75) is 296 Å². The number of hydrogen-bond donors (Lipinski definition) is 3. The Labute approximate surface area is 367 Å². The summed E-state index contributed by atoms with van der Waals surface area (Å²) in [5, 5.41) is 23.7. The van der Waals surface area contributed by atoms with Gasteiger partial charge in [-0.15, -0.1) is 0 Å². The van der Waals surface area contributed by atoms with Gasteiger partial charge in [0.15, 0.2) is 0 Å². The molecule has 6 heteroatoms. The Hall–Kier alpha value is -1.66. The largest absolute Gasteiger partial charge is 0.462 e. The van der Waals surface area contributed by atoms with Gasteiger partial charge >= 0.3 is 5.97 Å². The molecule has 0 fully saturated rings. The summed E-state index contributed by atoms with van der Waals surface area (Å²) in [6.45, 7) is 6.48. The minimum absolute atomic E-state index is 0.0719. The highest BCUT2D eigenvalue weighted by Gasteiger charge is 2.24. The summed E-state index contributed by atoms with van der Waals surface area (Å²) in [7, 11) is 0. The number of esters is 1. The molecule has 3 atom stereocenters. The fraction of sp³-hybridized carbons (Fsp3) is 0.887. The Morgan fingerprint density at radius 1 is 0.492 bits per heavy atom. The van der Waals surface area contributed by atoms with Crippen LogP contribution in [0.1, 0.15) is 278 Å². The number of unbranched alkanes of at least 4 members (excludes halogenated alkanes) is 32. The van der Waals surface area contributed by atoms with Crippen LogP contribution in [0.3, 0.4) is 0 Å². The van der Waals surface area contributed by atoms with Gasteiger partial charge in [0.25, 0.3) is 0 Å². The molecule has 0 aliphatic carbocycles. The molecule has 0 aromatic heterocycles. The second-order valence-electron chi connectivity index (χ2n) is 18.0. The molecular weight excluding hydrogens is 731 g/mol. The Morgan fingerprint density at radius 2 is 0.847 bits per heavy atom. The summed E-state index contributed by atoms with van der Waals surface area (Å²) in [5.41, 5.74) is 0. The molecule has 0 saturated heterocycles. The van der Waals surface area contributed by atoms with Gasteiger partial charge in [-0.3, -0.25) is 9.59 Å². The molecule has 0 heterocycles. The lowest BCUT2D eigenvalue weighted by molar-refractivity contribution is -0.151. The van der Waals surface area contributed by atoms with Crippen molar-refractivity contribution in [2.75, 3.05) is 6.61 Å². The van der Waals surface area contributed by atoms with E-state index >= 15 is 0 Å². The van der Waals surface area contributed by atoms with E-state index in [9.17, 15) is 19.8 Å². The molecule has 0 aliphatic heterocycles. The highest BCUT2D eigenvalue weighted by molar-refractivity contribution is 5.77. The van der Waals surface area contributed by atoms with Crippen molar-refractivity contribution in [1.82, 2.24) is 5.32 Å². The lowest BCUT2D eigenvalue weighted by atomic mass is 10.0. The van der Waals surface area contributed by atoms with Crippen LogP contribution in [0.5, 0.6) is 0 Å². The lowest BCUT2D eigenvalue weighted by Crippen LogP contribution is -2.46. The number of nitrogens with one attached hydrogen (secondary N) is 1. The summed E-state index contributed by atoms with van der Waals surface area (Å²) < 4.78 is 5.91. The molecule has 0 rings (SSSR count). The van der Waals surface area contributed by atoms with E-state index < -0.39 is 18.2 Å². The summed E-state index contributed by atoms with van der Waals surface area (Å²) in [6.07, 6.45) is 53.8. The second-order valence-corrected chi connectivity index (χ2v) is 18.0. The van der Waals surface area contributed by atoms with Gasteiger partial charge in [0.1, 0.15) is 6.10 Å². The van der Waals surface area contributed by atoms with Crippen molar-refractivity contribution in [3.05, 3.63) is 24.3 Å². The van der Waals surface area contributed by atoms with E-state index in [1.165, 1.54) is 173 Å². The Morgan fingerprint density at radius 3 is 1.25 bits per heavy atom. The topological polar surface area (TPSA) is 95.9 Å². The van der Waals surface area contributed by atoms with E-state index in [1.807, 2.05) is 0 Å². The van der Waals surface area contributed by atoms with Crippen LogP contribution in [0.4, 0.5) is 0 Å². The Kier molecular flexibility index (Phi) is 46.1. The van der Waals surface area contributed by atoms with Crippen LogP contribution in [-0.4, -0.2) is 46.9 Å². The van der Waals surface area contributed by atoms with Gasteiger partial charge in [-0.2, -0.15) is 0 Å². The van der Waals surface area contributed by atoms with Crippen LogP contribution in [0.15, 0.2) is 24.3 Å². The van der Waals surface area contributed by atoms with Crippen LogP contribution in [-0.2, 0) is 14.3 Å². The van der Waals surface area contributed by atoms with E-state index in [2.05, 4.69) is 50.4 Å². The van der Waals surface area contributed by atoms with E-state index in [4.69, 9.17) is 4.74 Å². The SMILES string of the molecule is CCCCCCCCC/C=C/C=C/CCCCCC(=O)OC(CCCCCCCCCCCC)CC(=O)NC(CO)C(O)CCCCCCCCCCCCCCCC. The first kappa shape index (κ1) is 57.3. The monoisotopic (exact) mass is 832 g/mol. The molecule has 0 aromatic carbocycles. The molecule has 0 radical (unpaired) electrons. The molecule has 6 nitrogen and oxygen atoms in total. The smallest absolute Gasteiger partial charge is 0.306 e. The molecule has 0 spiro atoms. The molecule has 59 heavy (non-hydrogen) atoms. The first-order valence-corrected chi connectivity index (χ1v) is 26.1.